The number of rotatable bonds is 7. The third-order valence-corrected chi connectivity index (χ3v) is 5.92. The summed E-state index contributed by atoms with van der Waals surface area (Å²) in [6.45, 7) is 2.15. The molecule has 0 fully saturated rings. The number of H-pyrrole nitrogens is 1. The van der Waals surface area contributed by atoms with Crippen LogP contribution >= 0.6 is 0 Å². The predicted octanol–water partition coefficient (Wildman–Crippen LogP) is 2.76. The van der Waals surface area contributed by atoms with E-state index in [0.717, 1.165) is 36.2 Å². The number of aryl methyl sites for hydroxylation is 1. The summed E-state index contributed by atoms with van der Waals surface area (Å²) in [6, 6.07) is 10.2. The lowest BCUT2D eigenvalue weighted by Gasteiger charge is -2.31. The van der Waals surface area contributed by atoms with Gasteiger partial charge in [-0.25, -0.2) is 4.98 Å². The van der Waals surface area contributed by atoms with Crippen LogP contribution in [0, 0.1) is 0 Å². The van der Waals surface area contributed by atoms with E-state index in [2.05, 4.69) is 33.3 Å². The Morgan fingerprint density at radius 2 is 2.17 bits per heavy atom. The fourth-order valence-corrected chi connectivity index (χ4v) is 4.23. The zero-order valence-electron chi connectivity index (χ0n) is 18.0. The van der Waals surface area contributed by atoms with Crippen molar-refractivity contribution in [3.63, 3.8) is 0 Å². The molecule has 2 N–H and O–H groups in total. The van der Waals surface area contributed by atoms with Crippen molar-refractivity contribution >= 4 is 16.9 Å². The van der Waals surface area contributed by atoms with E-state index >= 15 is 0 Å². The molecule has 1 atom stereocenters. The van der Waals surface area contributed by atoms with Gasteiger partial charge in [-0.05, 0) is 63.2 Å². The van der Waals surface area contributed by atoms with Crippen molar-refractivity contribution in [1.82, 2.24) is 30.1 Å². The number of aromatic amines is 1. The molecule has 158 valence electrons. The van der Waals surface area contributed by atoms with E-state index in [1.54, 1.807) is 4.90 Å². The summed E-state index contributed by atoms with van der Waals surface area (Å²) >= 11 is 0. The summed E-state index contributed by atoms with van der Waals surface area (Å²) in [5.74, 6) is 0.925. The maximum absolute atomic E-state index is 12.7. The number of fused-ring (bicyclic) bond motifs is 2. The third kappa shape index (κ3) is 4.22. The number of carbonyl (C=O) groups is 1. The molecule has 1 aromatic carbocycles. The monoisotopic (exact) mass is 406 g/mol. The molecule has 7 nitrogen and oxygen atoms in total. The average Bonchev–Trinajstić information content (AvgIpc) is 3.17. The molecule has 0 saturated carbocycles. The quantitative estimate of drug-likeness (QED) is 0.631. The molecule has 0 radical (unpaired) electrons. The minimum absolute atomic E-state index is 0.0188. The highest BCUT2D eigenvalue weighted by molar-refractivity contribution is 5.97. The summed E-state index contributed by atoms with van der Waals surface area (Å²) in [7, 11) is 5.84. The topological polar surface area (TPSA) is 77.2 Å². The lowest BCUT2D eigenvalue weighted by Crippen LogP contribution is -2.32. The Hall–Kier alpha value is -2.77. The van der Waals surface area contributed by atoms with Crippen LogP contribution in [0.1, 0.15) is 46.3 Å². The van der Waals surface area contributed by atoms with Gasteiger partial charge < -0.3 is 15.2 Å². The first-order chi connectivity index (χ1) is 14.6. The van der Waals surface area contributed by atoms with Crippen LogP contribution in [0.3, 0.4) is 0 Å². The second-order valence-electron chi connectivity index (χ2n) is 8.12. The van der Waals surface area contributed by atoms with Gasteiger partial charge in [0.05, 0.1) is 29.3 Å². The van der Waals surface area contributed by atoms with Gasteiger partial charge in [-0.2, -0.15) is 0 Å². The molecule has 1 aliphatic rings. The summed E-state index contributed by atoms with van der Waals surface area (Å²) < 4.78 is 0. The molecule has 0 spiro atoms. The van der Waals surface area contributed by atoms with Crippen LogP contribution in [0.4, 0.5) is 0 Å². The molecule has 1 amide bonds. The predicted molar refractivity (Wildman–Crippen MR) is 118 cm³/mol. The molecule has 1 unspecified atom stereocenters. The van der Waals surface area contributed by atoms with Crippen LogP contribution in [0.2, 0.25) is 0 Å². The van der Waals surface area contributed by atoms with Crippen molar-refractivity contribution in [1.29, 1.82) is 0 Å². The Balaban J connectivity index is 1.50. The van der Waals surface area contributed by atoms with Gasteiger partial charge in [0.15, 0.2) is 0 Å². The van der Waals surface area contributed by atoms with E-state index in [1.165, 1.54) is 17.7 Å². The molecular formula is C23H30N6O. The highest BCUT2D eigenvalue weighted by Gasteiger charge is 2.25. The highest BCUT2D eigenvalue weighted by atomic mass is 16.2. The Labute approximate surface area is 177 Å². The van der Waals surface area contributed by atoms with Crippen LogP contribution < -0.4 is 5.32 Å². The fourth-order valence-electron chi connectivity index (χ4n) is 4.23. The molecule has 2 aromatic heterocycles. The van der Waals surface area contributed by atoms with Gasteiger partial charge in [-0.15, -0.1) is 0 Å². The molecule has 1 aliphatic carbocycles. The molecule has 3 aromatic rings. The second-order valence-corrected chi connectivity index (χ2v) is 8.12. The van der Waals surface area contributed by atoms with E-state index in [9.17, 15) is 4.79 Å². The first kappa shape index (κ1) is 20.5. The SMILES string of the molecule is CNCCN(C)C(=O)c1ccc2nc(CN(C)C3CCCc4cccnc43)[nH]c2c1. The number of imidazole rings is 1. The highest BCUT2D eigenvalue weighted by Crippen LogP contribution is 2.32. The van der Waals surface area contributed by atoms with Gasteiger partial charge in [0.2, 0.25) is 0 Å². The van der Waals surface area contributed by atoms with Crippen LogP contribution in [0.25, 0.3) is 11.0 Å². The standard InChI is InChI=1S/C23H30N6O/c1-24-12-13-28(2)23(30)17-9-10-18-19(14-17)27-21(26-18)15-29(3)20-8-4-6-16-7-5-11-25-22(16)20/h5,7,9-11,14,20,24H,4,6,8,12-13,15H2,1-3H3,(H,26,27). The lowest BCUT2D eigenvalue weighted by atomic mass is 9.91. The number of nitrogens with zero attached hydrogens (tertiary/aromatic N) is 4. The average molecular weight is 407 g/mol. The number of carbonyl (C=O) groups excluding carboxylic acids is 1. The molecule has 7 heteroatoms. The summed E-state index contributed by atoms with van der Waals surface area (Å²) in [5.41, 5.74) is 5.01. The third-order valence-electron chi connectivity index (χ3n) is 5.92. The number of hydrogen-bond acceptors (Lipinski definition) is 5. The minimum Gasteiger partial charge on any atom is -0.341 e. The van der Waals surface area contributed by atoms with Gasteiger partial charge in [0.1, 0.15) is 5.82 Å². The maximum atomic E-state index is 12.7. The largest absolute Gasteiger partial charge is 0.341 e. The van der Waals surface area contributed by atoms with Crippen LogP contribution in [0.5, 0.6) is 0 Å². The van der Waals surface area contributed by atoms with Crippen LogP contribution in [-0.2, 0) is 13.0 Å². The second kappa shape index (κ2) is 8.93. The number of benzene rings is 1. The smallest absolute Gasteiger partial charge is 0.253 e. The normalized spacial score (nSPS) is 16.1. The lowest BCUT2D eigenvalue weighted by molar-refractivity contribution is 0.0797. The Morgan fingerprint density at radius 3 is 3.00 bits per heavy atom. The zero-order chi connectivity index (χ0) is 21.1. The molecular weight excluding hydrogens is 376 g/mol. The number of aromatic nitrogens is 3. The van der Waals surface area contributed by atoms with E-state index < -0.39 is 0 Å². The number of amides is 1. The minimum atomic E-state index is 0.0188. The molecule has 0 saturated heterocycles. The Bertz CT molecular complexity index is 1030. The molecule has 2 heterocycles. The number of pyridine rings is 1. The Kier molecular flexibility index (Phi) is 6.11. The van der Waals surface area contributed by atoms with Crippen molar-refractivity contribution in [3.05, 3.63) is 59.2 Å². The summed E-state index contributed by atoms with van der Waals surface area (Å²) in [5, 5.41) is 3.07. The Morgan fingerprint density at radius 1 is 1.30 bits per heavy atom. The zero-order valence-corrected chi connectivity index (χ0v) is 18.0. The summed E-state index contributed by atoms with van der Waals surface area (Å²) in [4.78, 5) is 29.5. The number of likely N-dealkylation sites (N-methyl/N-ethyl adjacent to an activating group) is 2. The molecule has 4 rings (SSSR count). The van der Waals surface area contributed by atoms with Crippen molar-refractivity contribution < 1.29 is 4.79 Å². The van der Waals surface area contributed by atoms with Gasteiger partial charge in [-0.3, -0.25) is 14.7 Å². The van der Waals surface area contributed by atoms with Crippen molar-refractivity contribution in [2.75, 3.05) is 34.2 Å². The van der Waals surface area contributed by atoms with E-state index in [4.69, 9.17) is 4.98 Å². The fraction of sp³-hybridized carbons (Fsp3) is 0.435. The maximum Gasteiger partial charge on any atom is 0.253 e. The van der Waals surface area contributed by atoms with Crippen molar-refractivity contribution in [2.24, 2.45) is 0 Å². The summed E-state index contributed by atoms with van der Waals surface area (Å²) in [6.07, 6.45) is 5.29. The first-order valence-corrected chi connectivity index (χ1v) is 10.6. The van der Waals surface area contributed by atoms with Crippen molar-refractivity contribution in [3.8, 4) is 0 Å². The van der Waals surface area contributed by atoms with Crippen molar-refractivity contribution in [2.45, 2.75) is 31.8 Å². The van der Waals surface area contributed by atoms with E-state index in [0.29, 0.717) is 24.7 Å². The molecule has 30 heavy (non-hydrogen) atoms. The number of hydrogen-bond donors (Lipinski definition) is 2. The van der Waals surface area contributed by atoms with Crippen LogP contribution in [0.15, 0.2) is 36.5 Å². The first-order valence-electron chi connectivity index (χ1n) is 10.6. The molecule has 0 aliphatic heterocycles. The van der Waals surface area contributed by atoms with Gasteiger partial charge in [0.25, 0.3) is 5.91 Å². The van der Waals surface area contributed by atoms with Gasteiger partial charge >= 0.3 is 0 Å². The van der Waals surface area contributed by atoms with Crippen LogP contribution in [-0.4, -0.2) is 64.9 Å². The number of nitrogens with one attached hydrogen (secondary N) is 2. The van der Waals surface area contributed by atoms with E-state index in [-0.39, 0.29) is 5.91 Å². The van der Waals surface area contributed by atoms with E-state index in [1.807, 2.05) is 44.6 Å². The molecule has 0 bridgehead atoms. The van der Waals surface area contributed by atoms with Gasteiger partial charge in [-0.1, -0.05) is 6.07 Å². The van der Waals surface area contributed by atoms with Gasteiger partial charge in [0, 0.05) is 31.9 Å².